The number of rotatable bonds is 0. The van der Waals surface area contributed by atoms with Crippen LogP contribution in [-0.4, -0.2) is 29.4 Å². The van der Waals surface area contributed by atoms with Gasteiger partial charge in [0.25, 0.3) is 0 Å². The van der Waals surface area contributed by atoms with Crippen molar-refractivity contribution in [2.45, 2.75) is 0 Å². The van der Waals surface area contributed by atoms with Crippen LogP contribution in [0.4, 0.5) is 0 Å². The molecule has 2 aliphatic heterocycles. The quantitative estimate of drug-likeness (QED) is 0.339. The Hall–Kier alpha value is -1.45. The molecule has 0 radical (unpaired) electrons. The van der Waals surface area contributed by atoms with E-state index < -0.39 is 0 Å². The average Bonchev–Trinajstić information content (AvgIpc) is 2.33. The zero-order valence-corrected chi connectivity index (χ0v) is 5.19. The van der Waals surface area contributed by atoms with E-state index in [1.165, 1.54) is 6.21 Å². The van der Waals surface area contributed by atoms with Crippen LogP contribution >= 0.6 is 0 Å². The molecule has 0 amide bonds. The number of hydrogen-bond donors (Lipinski definition) is 0. The SMILES string of the molecule is [O-][N+]1=CC=C2C=NN=C2C1. The first-order valence-corrected chi connectivity index (χ1v) is 2.95. The fourth-order valence-electron chi connectivity index (χ4n) is 0.919. The summed E-state index contributed by atoms with van der Waals surface area (Å²) in [6, 6.07) is 0. The molecule has 0 aromatic carbocycles. The van der Waals surface area contributed by atoms with Crippen molar-refractivity contribution in [2.75, 3.05) is 6.54 Å². The zero-order valence-electron chi connectivity index (χ0n) is 5.19. The van der Waals surface area contributed by atoms with Crippen LogP contribution in [0.1, 0.15) is 0 Å². The predicted molar refractivity (Wildman–Crippen MR) is 38.6 cm³/mol. The van der Waals surface area contributed by atoms with Gasteiger partial charge in [-0.1, -0.05) is 0 Å². The Morgan fingerprint density at radius 1 is 1.60 bits per heavy atom. The van der Waals surface area contributed by atoms with Crippen molar-refractivity contribution in [2.24, 2.45) is 10.2 Å². The molecule has 0 spiro atoms. The molecule has 0 bridgehead atoms. The lowest BCUT2D eigenvalue weighted by molar-refractivity contribution is -0.435. The Kier molecular flexibility index (Phi) is 0.943. The van der Waals surface area contributed by atoms with Crippen molar-refractivity contribution < 1.29 is 4.74 Å². The topological polar surface area (TPSA) is 50.8 Å². The van der Waals surface area contributed by atoms with Crippen molar-refractivity contribution in [3.8, 4) is 0 Å². The number of allylic oxidation sites excluding steroid dienone is 1. The first-order valence-electron chi connectivity index (χ1n) is 2.95. The molecule has 2 aliphatic rings. The van der Waals surface area contributed by atoms with Crippen LogP contribution in [-0.2, 0) is 0 Å². The molecule has 50 valence electrons. The van der Waals surface area contributed by atoms with E-state index in [-0.39, 0.29) is 0 Å². The van der Waals surface area contributed by atoms with Crippen LogP contribution in [0.2, 0.25) is 0 Å². The molecule has 0 atom stereocenters. The molecule has 0 unspecified atom stereocenters. The number of hydroxylamine groups is 1. The van der Waals surface area contributed by atoms with Gasteiger partial charge < -0.3 is 5.21 Å². The van der Waals surface area contributed by atoms with Gasteiger partial charge in [0.15, 0.2) is 12.8 Å². The number of hydrogen-bond acceptors (Lipinski definition) is 3. The molecule has 0 saturated carbocycles. The number of fused-ring (bicyclic) bond motifs is 1. The second kappa shape index (κ2) is 1.76. The third-order valence-corrected chi connectivity index (χ3v) is 1.43. The van der Waals surface area contributed by atoms with Gasteiger partial charge in [0.1, 0.15) is 5.71 Å². The van der Waals surface area contributed by atoms with E-state index in [1.807, 2.05) is 0 Å². The second-order valence-corrected chi connectivity index (χ2v) is 2.14. The molecular formula is C6H5N3O. The standard InChI is InChI=1S/C6H5N3O/c10-9-2-1-5-3-7-8-6(5)4-9/h1-3H,4H2. The summed E-state index contributed by atoms with van der Waals surface area (Å²) in [5.74, 6) is 0. The van der Waals surface area contributed by atoms with Gasteiger partial charge in [0.05, 0.1) is 6.21 Å². The van der Waals surface area contributed by atoms with Crippen LogP contribution in [0, 0.1) is 5.21 Å². The summed E-state index contributed by atoms with van der Waals surface area (Å²) in [5, 5.41) is 18.1. The first kappa shape index (κ1) is 5.34. The van der Waals surface area contributed by atoms with E-state index in [4.69, 9.17) is 0 Å². The van der Waals surface area contributed by atoms with Gasteiger partial charge in [-0.05, 0) is 0 Å². The van der Waals surface area contributed by atoms with Crippen molar-refractivity contribution in [3.63, 3.8) is 0 Å². The lowest BCUT2D eigenvalue weighted by Crippen LogP contribution is -2.21. The lowest BCUT2D eigenvalue weighted by Gasteiger charge is -2.06. The van der Waals surface area contributed by atoms with E-state index in [9.17, 15) is 5.21 Å². The molecule has 0 N–H and O–H groups in total. The Labute approximate surface area is 57.5 Å². The Morgan fingerprint density at radius 2 is 2.50 bits per heavy atom. The Balaban J connectivity index is 2.42. The summed E-state index contributed by atoms with van der Waals surface area (Å²) in [6.07, 6.45) is 4.84. The molecule has 0 saturated heterocycles. The van der Waals surface area contributed by atoms with Gasteiger partial charge in [-0.15, -0.1) is 5.10 Å². The van der Waals surface area contributed by atoms with Crippen LogP contribution < -0.4 is 0 Å². The summed E-state index contributed by atoms with van der Waals surface area (Å²) in [5.41, 5.74) is 1.71. The third-order valence-electron chi connectivity index (χ3n) is 1.43. The normalized spacial score (nSPS) is 21.4. The lowest BCUT2D eigenvalue weighted by atomic mass is 10.1. The Morgan fingerprint density at radius 3 is 3.40 bits per heavy atom. The highest BCUT2D eigenvalue weighted by Gasteiger charge is 2.16. The monoisotopic (exact) mass is 135 g/mol. The minimum Gasteiger partial charge on any atom is -0.623 e. The largest absolute Gasteiger partial charge is 0.623 e. The van der Waals surface area contributed by atoms with Crippen LogP contribution in [0.5, 0.6) is 0 Å². The predicted octanol–water partition coefficient (Wildman–Crippen LogP) is -0.0521. The van der Waals surface area contributed by atoms with Crippen LogP contribution in [0.25, 0.3) is 0 Å². The zero-order chi connectivity index (χ0) is 6.97. The summed E-state index contributed by atoms with van der Waals surface area (Å²) >= 11 is 0. The third kappa shape index (κ3) is 0.655. The molecule has 2 rings (SSSR count). The van der Waals surface area contributed by atoms with Gasteiger partial charge in [-0.3, -0.25) is 0 Å². The Bertz CT molecular complexity index is 285. The highest BCUT2D eigenvalue weighted by molar-refractivity contribution is 6.21. The second-order valence-electron chi connectivity index (χ2n) is 2.14. The molecular weight excluding hydrogens is 130 g/mol. The van der Waals surface area contributed by atoms with E-state index >= 15 is 0 Å². The van der Waals surface area contributed by atoms with E-state index in [0.717, 1.165) is 16.0 Å². The summed E-state index contributed by atoms with van der Waals surface area (Å²) in [4.78, 5) is 0. The maximum Gasteiger partial charge on any atom is 0.198 e. The molecule has 0 aliphatic carbocycles. The molecule has 2 heterocycles. The van der Waals surface area contributed by atoms with Crippen molar-refractivity contribution in [3.05, 3.63) is 16.9 Å². The highest BCUT2D eigenvalue weighted by Crippen LogP contribution is 2.05. The van der Waals surface area contributed by atoms with Gasteiger partial charge in [0, 0.05) is 11.6 Å². The van der Waals surface area contributed by atoms with E-state index in [2.05, 4.69) is 10.2 Å². The maximum atomic E-state index is 10.7. The highest BCUT2D eigenvalue weighted by atomic mass is 16.5. The van der Waals surface area contributed by atoms with E-state index in [0.29, 0.717) is 6.54 Å². The van der Waals surface area contributed by atoms with Crippen molar-refractivity contribution in [1.82, 2.24) is 0 Å². The summed E-state index contributed by atoms with van der Waals surface area (Å²) < 4.78 is 0.830. The van der Waals surface area contributed by atoms with Crippen molar-refractivity contribution in [1.29, 1.82) is 0 Å². The number of nitrogens with zero attached hydrogens (tertiary/aromatic N) is 3. The molecule has 4 nitrogen and oxygen atoms in total. The smallest absolute Gasteiger partial charge is 0.198 e. The average molecular weight is 135 g/mol. The minimum absolute atomic E-state index is 0.325. The minimum atomic E-state index is 0.325. The molecule has 10 heavy (non-hydrogen) atoms. The van der Waals surface area contributed by atoms with Gasteiger partial charge in [-0.25, -0.2) is 4.74 Å². The van der Waals surface area contributed by atoms with Crippen LogP contribution in [0.3, 0.4) is 0 Å². The molecule has 4 heteroatoms. The first-order chi connectivity index (χ1) is 4.86. The molecule has 0 aromatic heterocycles. The van der Waals surface area contributed by atoms with E-state index in [1.54, 1.807) is 12.3 Å². The molecule has 0 aromatic rings. The molecule has 0 fully saturated rings. The fourth-order valence-corrected chi connectivity index (χ4v) is 0.919. The van der Waals surface area contributed by atoms with Gasteiger partial charge in [0.2, 0.25) is 0 Å². The summed E-state index contributed by atoms with van der Waals surface area (Å²) in [6.45, 7) is 0.325. The van der Waals surface area contributed by atoms with Crippen LogP contribution in [0.15, 0.2) is 21.9 Å². The maximum absolute atomic E-state index is 10.7. The van der Waals surface area contributed by atoms with Gasteiger partial charge in [-0.2, -0.15) is 5.10 Å². The van der Waals surface area contributed by atoms with Crippen molar-refractivity contribution >= 4 is 18.1 Å². The van der Waals surface area contributed by atoms with Gasteiger partial charge >= 0.3 is 0 Å². The summed E-state index contributed by atoms with van der Waals surface area (Å²) in [7, 11) is 0. The fraction of sp³-hybridized carbons (Fsp3) is 0.167.